The summed E-state index contributed by atoms with van der Waals surface area (Å²) in [5.41, 5.74) is -0.00517. The zero-order valence-electron chi connectivity index (χ0n) is 22.7. The summed E-state index contributed by atoms with van der Waals surface area (Å²) in [6.45, 7) is 7.94. The fraction of sp³-hybridized carbons (Fsp3) is 0.407. The van der Waals surface area contributed by atoms with Crippen LogP contribution in [0.5, 0.6) is 0 Å². The normalized spacial score (nSPS) is 17.4. The molecule has 1 heterocycles. The van der Waals surface area contributed by atoms with Crippen LogP contribution < -0.4 is 10.6 Å². The van der Waals surface area contributed by atoms with E-state index in [9.17, 15) is 13.6 Å². The average molecular weight is 558 g/mol. The van der Waals surface area contributed by atoms with Gasteiger partial charge >= 0.3 is 6.03 Å². The van der Waals surface area contributed by atoms with Gasteiger partial charge in [0, 0.05) is 19.2 Å². The molecule has 12 heteroatoms. The fourth-order valence-corrected chi connectivity index (χ4v) is 5.48. The van der Waals surface area contributed by atoms with Gasteiger partial charge in [0.15, 0.2) is 0 Å². The molecule has 2 N–H and O–H groups in total. The maximum atomic E-state index is 14.9. The first-order valence-electron chi connectivity index (χ1n) is 12.5. The molecule has 3 rings (SSSR count). The van der Waals surface area contributed by atoms with Crippen molar-refractivity contribution in [1.82, 2.24) is 20.7 Å². The minimum absolute atomic E-state index is 0.0360. The van der Waals surface area contributed by atoms with Crippen LogP contribution in [0.4, 0.5) is 13.6 Å². The minimum atomic E-state index is -1.11. The van der Waals surface area contributed by atoms with E-state index in [2.05, 4.69) is 20.7 Å². The standard InChI is InChI=1S/C27H33F2N7O2S/c1-6-38-36(26(2,3)4)25(37)35-27(19-11-8-7-9-12-19,15-10-16-32-24(31-5)33-18-30)39-23(34-35)21-17-20(28)13-14-22(21)29/h7-9,11-14,17H,6,10,15-16H2,1-5H3,(H2,31,32,33). The third kappa shape index (κ3) is 6.85. The molecule has 2 aromatic rings. The predicted molar refractivity (Wildman–Crippen MR) is 148 cm³/mol. The van der Waals surface area contributed by atoms with E-state index in [0.717, 1.165) is 23.8 Å². The number of benzene rings is 2. The number of carbonyl (C=O) groups excluding carboxylic acids is 1. The van der Waals surface area contributed by atoms with Crippen molar-refractivity contribution >= 4 is 28.8 Å². The van der Waals surface area contributed by atoms with E-state index in [-0.39, 0.29) is 17.2 Å². The van der Waals surface area contributed by atoms with Crippen LogP contribution in [0.15, 0.2) is 58.6 Å². The number of guanidine groups is 1. The average Bonchev–Trinajstić information content (AvgIpc) is 3.30. The van der Waals surface area contributed by atoms with Crippen molar-refractivity contribution in [2.24, 2.45) is 10.1 Å². The first kappa shape index (κ1) is 29.9. The Kier molecular flexibility index (Phi) is 9.88. The molecule has 0 saturated heterocycles. The number of urea groups is 1. The van der Waals surface area contributed by atoms with E-state index < -0.39 is 28.1 Å². The van der Waals surface area contributed by atoms with Crippen molar-refractivity contribution in [3.05, 3.63) is 71.3 Å². The molecular weight excluding hydrogens is 524 g/mol. The van der Waals surface area contributed by atoms with E-state index in [0.29, 0.717) is 25.3 Å². The Balaban J connectivity index is 2.11. The molecule has 9 nitrogen and oxygen atoms in total. The molecule has 0 radical (unpaired) electrons. The lowest BCUT2D eigenvalue weighted by molar-refractivity contribution is -0.172. The molecule has 0 aromatic heterocycles. The van der Waals surface area contributed by atoms with Gasteiger partial charge in [-0.3, -0.25) is 4.84 Å². The number of halogens is 2. The van der Waals surface area contributed by atoms with Gasteiger partial charge in [0.05, 0.1) is 12.1 Å². The molecule has 1 atom stereocenters. The van der Waals surface area contributed by atoms with Crippen LogP contribution in [0.1, 0.15) is 51.7 Å². The van der Waals surface area contributed by atoms with E-state index in [1.165, 1.54) is 21.8 Å². The first-order chi connectivity index (χ1) is 18.6. The maximum absolute atomic E-state index is 14.9. The number of amides is 2. The molecule has 1 unspecified atom stereocenters. The summed E-state index contributed by atoms with van der Waals surface area (Å²) in [6.07, 6.45) is 2.61. The number of hydrogen-bond donors (Lipinski definition) is 2. The zero-order valence-corrected chi connectivity index (χ0v) is 23.5. The van der Waals surface area contributed by atoms with Crippen molar-refractivity contribution in [2.45, 2.75) is 50.9 Å². The van der Waals surface area contributed by atoms with E-state index in [4.69, 9.17) is 10.1 Å². The van der Waals surface area contributed by atoms with Gasteiger partial charge in [-0.05, 0) is 64.3 Å². The SMILES string of the molecule is CCON(C(=O)N1N=C(c2cc(F)ccc2F)SC1(CCCN/C(=N\C#N)NC)c1ccccc1)C(C)(C)C. The van der Waals surface area contributed by atoms with Crippen LogP contribution in [0.25, 0.3) is 0 Å². The number of hydrazone groups is 1. The maximum Gasteiger partial charge on any atom is 0.366 e. The van der Waals surface area contributed by atoms with Crippen molar-refractivity contribution in [1.29, 1.82) is 5.26 Å². The number of hydrogen-bond acceptors (Lipinski definition) is 6. The van der Waals surface area contributed by atoms with Crippen molar-refractivity contribution in [2.75, 3.05) is 20.2 Å². The summed E-state index contributed by atoms with van der Waals surface area (Å²) in [5, 5.41) is 22.1. The summed E-state index contributed by atoms with van der Waals surface area (Å²) >= 11 is 1.18. The summed E-state index contributed by atoms with van der Waals surface area (Å²) < 4.78 is 29.1. The summed E-state index contributed by atoms with van der Waals surface area (Å²) in [7, 11) is 1.64. The second kappa shape index (κ2) is 12.9. The minimum Gasteiger partial charge on any atom is -0.359 e. The van der Waals surface area contributed by atoms with Gasteiger partial charge in [-0.2, -0.15) is 20.4 Å². The van der Waals surface area contributed by atoms with Crippen LogP contribution >= 0.6 is 11.8 Å². The quantitative estimate of drug-likeness (QED) is 0.153. The van der Waals surface area contributed by atoms with Crippen LogP contribution in [0.2, 0.25) is 0 Å². The van der Waals surface area contributed by atoms with Gasteiger partial charge < -0.3 is 10.6 Å². The van der Waals surface area contributed by atoms with Gasteiger partial charge in [-0.25, -0.2) is 13.6 Å². The molecule has 0 fully saturated rings. The van der Waals surface area contributed by atoms with Gasteiger partial charge in [0.2, 0.25) is 12.2 Å². The molecule has 0 aliphatic carbocycles. The lowest BCUT2D eigenvalue weighted by Crippen LogP contribution is -2.54. The molecule has 2 amide bonds. The summed E-state index contributed by atoms with van der Waals surface area (Å²) in [5.74, 6) is -0.951. The summed E-state index contributed by atoms with van der Waals surface area (Å²) in [4.78, 5) is 22.5. The number of nitrogens with zero attached hydrogens (tertiary/aromatic N) is 5. The summed E-state index contributed by atoms with van der Waals surface area (Å²) in [6, 6.07) is 11.9. The molecule has 0 saturated carbocycles. The van der Waals surface area contributed by atoms with Crippen LogP contribution in [0, 0.1) is 23.1 Å². The molecule has 1 aliphatic heterocycles. The smallest absolute Gasteiger partial charge is 0.359 e. The number of nitrogens with one attached hydrogen (secondary N) is 2. The molecular formula is C27H33F2N7O2S. The second-order valence-electron chi connectivity index (χ2n) is 9.60. The Morgan fingerprint density at radius 3 is 2.59 bits per heavy atom. The molecule has 0 spiro atoms. The lowest BCUT2D eigenvalue weighted by atomic mass is 10.00. The predicted octanol–water partition coefficient (Wildman–Crippen LogP) is 5.13. The van der Waals surface area contributed by atoms with Crippen LogP contribution in [-0.4, -0.2) is 52.8 Å². The number of rotatable bonds is 8. The topological polar surface area (TPSA) is 105 Å². The Morgan fingerprint density at radius 1 is 1.26 bits per heavy atom. The molecule has 0 bridgehead atoms. The highest BCUT2D eigenvalue weighted by Gasteiger charge is 2.51. The highest BCUT2D eigenvalue weighted by atomic mass is 32.2. The number of carbonyl (C=O) groups is 1. The number of aliphatic imine (C=N–C) groups is 1. The fourth-order valence-electron chi connectivity index (χ4n) is 4.06. The van der Waals surface area contributed by atoms with Crippen molar-refractivity contribution < 1.29 is 18.4 Å². The highest BCUT2D eigenvalue weighted by Crippen LogP contribution is 2.51. The van der Waals surface area contributed by atoms with Crippen molar-refractivity contribution in [3.8, 4) is 6.19 Å². The van der Waals surface area contributed by atoms with Crippen LogP contribution in [-0.2, 0) is 9.71 Å². The van der Waals surface area contributed by atoms with Crippen LogP contribution in [0.3, 0.4) is 0 Å². The van der Waals surface area contributed by atoms with Gasteiger partial charge in [-0.1, -0.05) is 42.1 Å². The molecule has 39 heavy (non-hydrogen) atoms. The second-order valence-corrected chi connectivity index (χ2v) is 10.9. The van der Waals surface area contributed by atoms with Gasteiger partial charge in [0.1, 0.15) is 21.5 Å². The Hall–Kier alpha value is -3.69. The van der Waals surface area contributed by atoms with Crippen molar-refractivity contribution in [3.63, 3.8) is 0 Å². The monoisotopic (exact) mass is 557 g/mol. The lowest BCUT2D eigenvalue weighted by Gasteiger charge is -2.41. The largest absolute Gasteiger partial charge is 0.366 e. The first-order valence-corrected chi connectivity index (χ1v) is 13.3. The Labute approximate surface area is 231 Å². The van der Waals surface area contributed by atoms with E-state index >= 15 is 0 Å². The Bertz CT molecular complexity index is 1260. The highest BCUT2D eigenvalue weighted by molar-refractivity contribution is 8.15. The zero-order chi connectivity index (χ0) is 28.6. The third-order valence-electron chi connectivity index (χ3n) is 5.79. The number of thioether (sulfide) groups is 1. The van der Waals surface area contributed by atoms with Gasteiger partial charge in [-0.15, -0.1) is 4.99 Å². The van der Waals surface area contributed by atoms with E-state index in [1.54, 1.807) is 20.2 Å². The van der Waals surface area contributed by atoms with Gasteiger partial charge in [0.25, 0.3) is 0 Å². The third-order valence-corrected chi connectivity index (χ3v) is 7.23. The Morgan fingerprint density at radius 2 is 1.97 bits per heavy atom. The number of nitriles is 1. The van der Waals surface area contributed by atoms with E-state index in [1.807, 2.05) is 51.1 Å². The number of hydroxylamine groups is 2. The molecule has 208 valence electrons. The molecule has 2 aromatic carbocycles. The molecule has 1 aliphatic rings.